The summed E-state index contributed by atoms with van der Waals surface area (Å²) in [6, 6.07) is 2.16. The van der Waals surface area contributed by atoms with Crippen molar-refractivity contribution < 1.29 is 9.13 Å². The van der Waals surface area contributed by atoms with Crippen LogP contribution in [-0.4, -0.2) is 21.9 Å². The fourth-order valence-electron chi connectivity index (χ4n) is 3.05. The number of ether oxygens (including phenoxy) is 1. The highest BCUT2D eigenvalue weighted by Gasteiger charge is 2.20. The van der Waals surface area contributed by atoms with E-state index in [1.807, 2.05) is 6.20 Å². The molecule has 0 spiro atoms. The molecule has 1 fully saturated rings. The van der Waals surface area contributed by atoms with Crippen LogP contribution in [0.5, 0.6) is 5.88 Å². The fourth-order valence-corrected chi connectivity index (χ4v) is 3.05. The topological polar surface area (TPSA) is 52.0 Å². The molecule has 2 aromatic rings. The van der Waals surface area contributed by atoms with Crippen molar-refractivity contribution in [3.05, 3.63) is 35.5 Å². The minimum absolute atomic E-state index is 0.0256. The molecule has 3 rings (SSSR count). The molecule has 118 valence electrons. The van der Waals surface area contributed by atoms with Crippen molar-refractivity contribution in [1.82, 2.24) is 14.8 Å². The Labute approximate surface area is 129 Å². The minimum Gasteiger partial charge on any atom is -0.479 e. The lowest BCUT2D eigenvalue weighted by atomic mass is 10.2. The first-order valence-corrected chi connectivity index (χ1v) is 7.66. The highest BCUT2D eigenvalue weighted by atomic mass is 19.1. The van der Waals surface area contributed by atoms with Gasteiger partial charge in [0, 0.05) is 18.3 Å². The van der Waals surface area contributed by atoms with Crippen molar-refractivity contribution in [2.45, 2.75) is 45.2 Å². The zero-order chi connectivity index (χ0) is 15.5. The summed E-state index contributed by atoms with van der Waals surface area (Å²) in [5.41, 5.74) is 2.58. The van der Waals surface area contributed by atoms with E-state index in [0.29, 0.717) is 18.2 Å². The Kier molecular flexibility index (Phi) is 4.27. The number of nitrogens with zero attached hydrogens (tertiary/aromatic N) is 3. The number of halogens is 1. The predicted octanol–water partition coefficient (Wildman–Crippen LogP) is 3.46. The summed E-state index contributed by atoms with van der Waals surface area (Å²) in [7, 11) is 1.42. The van der Waals surface area contributed by atoms with Gasteiger partial charge in [0.15, 0.2) is 5.82 Å². The van der Waals surface area contributed by atoms with Crippen LogP contribution in [0.15, 0.2) is 18.5 Å². The monoisotopic (exact) mass is 304 g/mol. The van der Waals surface area contributed by atoms with Crippen molar-refractivity contribution in [1.29, 1.82) is 0 Å². The maximum Gasteiger partial charge on any atom is 0.250 e. The summed E-state index contributed by atoms with van der Waals surface area (Å²) in [5, 5.41) is 7.75. The highest BCUT2D eigenvalue weighted by Crippen LogP contribution is 2.31. The van der Waals surface area contributed by atoms with Crippen LogP contribution in [0.4, 0.5) is 10.1 Å². The molecule has 22 heavy (non-hydrogen) atoms. The number of hydrogen-bond acceptors (Lipinski definition) is 4. The van der Waals surface area contributed by atoms with E-state index >= 15 is 0 Å². The van der Waals surface area contributed by atoms with Gasteiger partial charge in [0.2, 0.25) is 5.88 Å². The van der Waals surface area contributed by atoms with Gasteiger partial charge in [-0.2, -0.15) is 5.10 Å². The molecule has 0 bridgehead atoms. The maximum absolute atomic E-state index is 14.1. The molecule has 0 radical (unpaired) electrons. The molecule has 6 heteroatoms. The van der Waals surface area contributed by atoms with Crippen LogP contribution < -0.4 is 10.1 Å². The molecule has 0 aromatic carbocycles. The van der Waals surface area contributed by atoms with Gasteiger partial charge in [-0.05, 0) is 25.8 Å². The quantitative estimate of drug-likeness (QED) is 0.919. The average molecular weight is 304 g/mol. The number of rotatable bonds is 5. The molecule has 1 N–H and O–H groups in total. The smallest absolute Gasteiger partial charge is 0.250 e. The van der Waals surface area contributed by atoms with Crippen molar-refractivity contribution in [3.63, 3.8) is 0 Å². The Morgan fingerprint density at radius 1 is 1.41 bits per heavy atom. The number of methoxy groups -OCH3 is 1. The summed E-state index contributed by atoms with van der Waals surface area (Å²) in [6.45, 7) is 2.43. The Morgan fingerprint density at radius 3 is 2.91 bits per heavy atom. The third-order valence-corrected chi connectivity index (χ3v) is 4.32. The first-order valence-electron chi connectivity index (χ1n) is 7.66. The lowest BCUT2D eigenvalue weighted by Gasteiger charge is -2.13. The minimum atomic E-state index is -0.418. The van der Waals surface area contributed by atoms with Crippen LogP contribution in [0.3, 0.4) is 0 Å². The van der Waals surface area contributed by atoms with Gasteiger partial charge in [0.05, 0.1) is 30.7 Å². The Balaban J connectivity index is 1.72. The van der Waals surface area contributed by atoms with Crippen LogP contribution in [0.1, 0.15) is 43.0 Å². The summed E-state index contributed by atoms with van der Waals surface area (Å²) in [6.07, 6.45) is 8.30. The van der Waals surface area contributed by atoms with Crippen LogP contribution in [0.2, 0.25) is 0 Å². The fraction of sp³-hybridized carbons (Fsp3) is 0.500. The van der Waals surface area contributed by atoms with Gasteiger partial charge in [0.25, 0.3) is 0 Å². The summed E-state index contributed by atoms with van der Waals surface area (Å²) < 4.78 is 21.1. The molecule has 1 aliphatic rings. The molecule has 5 nitrogen and oxygen atoms in total. The third kappa shape index (κ3) is 2.77. The van der Waals surface area contributed by atoms with E-state index in [4.69, 9.17) is 4.74 Å². The van der Waals surface area contributed by atoms with Crippen molar-refractivity contribution in [2.75, 3.05) is 12.4 Å². The van der Waals surface area contributed by atoms with Crippen LogP contribution in [0, 0.1) is 12.7 Å². The molecule has 0 saturated heterocycles. The third-order valence-electron chi connectivity index (χ3n) is 4.32. The molecule has 1 saturated carbocycles. The first-order chi connectivity index (χ1) is 10.7. The molecule has 0 aliphatic heterocycles. The van der Waals surface area contributed by atoms with E-state index in [2.05, 4.69) is 27.0 Å². The second kappa shape index (κ2) is 6.34. The summed E-state index contributed by atoms with van der Waals surface area (Å²) in [4.78, 5) is 3.84. The predicted molar refractivity (Wildman–Crippen MR) is 82.5 cm³/mol. The first kappa shape index (κ1) is 14.8. The van der Waals surface area contributed by atoms with Gasteiger partial charge in [-0.1, -0.05) is 12.8 Å². The van der Waals surface area contributed by atoms with E-state index < -0.39 is 5.82 Å². The number of aromatic nitrogens is 3. The largest absolute Gasteiger partial charge is 0.479 e. The van der Waals surface area contributed by atoms with E-state index in [1.165, 1.54) is 32.8 Å². The number of nitrogens with one attached hydrogen (secondary N) is 1. The van der Waals surface area contributed by atoms with Gasteiger partial charge >= 0.3 is 0 Å². The van der Waals surface area contributed by atoms with E-state index in [9.17, 15) is 4.39 Å². The van der Waals surface area contributed by atoms with Crippen molar-refractivity contribution >= 4 is 5.69 Å². The van der Waals surface area contributed by atoms with E-state index in [-0.39, 0.29) is 5.88 Å². The highest BCUT2D eigenvalue weighted by molar-refractivity contribution is 5.46. The SMILES string of the molecule is COc1nccc(CNc2cnn(C3CCCC3)c2C)c1F. The lowest BCUT2D eigenvalue weighted by molar-refractivity contribution is 0.367. The molecular formula is C16H21FN4O. The second-order valence-corrected chi connectivity index (χ2v) is 5.67. The van der Waals surface area contributed by atoms with Crippen molar-refractivity contribution in [2.24, 2.45) is 0 Å². The maximum atomic E-state index is 14.1. The number of pyridine rings is 1. The zero-order valence-corrected chi connectivity index (χ0v) is 13.0. The van der Waals surface area contributed by atoms with Gasteiger partial charge in [-0.25, -0.2) is 9.37 Å². The molecule has 2 aromatic heterocycles. The Morgan fingerprint density at radius 2 is 2.18 bits per heavy atom. The van der Waals surface area contributed by atoms with Crippen LogP contribution in [-0.2, 0) is 6.54 Å². The number of hydrogen-bond donors (Lipinski definition) is 1. The number of anilines is 1. The Bertz CT molecular complexity index is 650. The molecule has 1 aliphatic carbocycles. The van der Waals surface area contributed by atoms with Gasteiger partial charge in [0.1, 0.15) is 0 Å². The lowest BCUT2D eigenvalue weighted by Crippen LogP contribution is -2.09. The van der Waals surface area contributed by atoms with Gasteiger partial charge < -0.3 is 10.1 Å². The molecular weight excluding hydrogens is 283 g/mol. The van der Waals surface area contributed by atoms with Crippen LogP contribution >= 0.6 is 0 Å². The molecule has 0 atom stereocenters. The molecule has 0 unspecified atom stereocenters. The second-order valence-electron chi connectivity index (χ2n) is 5.67. The summed E-state index contributed by atoms with van der Waals surface area (Å²) in [5.74, 6) is -0.393. The molecule has 0 amide bonds. The zero-order valence-electron chi connectivity index (χ0n) is 13.0. The van der Waals surface area contributed by atoms with E-state index in [1.54, 1.807) is 12.3 Å². The Hall–Kier alpha value is -2.11. The van der Waals surface area contributed by atoms with Crippen molar-refractivity contribution in [3.8, 4) is 5.88 Å². The van der Waals surface area contributed by atoms with Gasteiger partial charge in [-0.3, -0.25) is 4.68 Å². The summed E-state index contributed by atoms with van der Waals surface area (Å²) >= 11 is 0. The normalized spacial score (nSPS) is 15.2. The van der Waals surface area contributed by atoms with Gasteiger partial charge in [-0.15, -0.1) is 0 Å². The molecule has 2 heterocycles. The average Bonchev–Trinajstić information content (AvgIpc) is 3.16. The standard InChI is InChI=1S/C16H21FN4O/c1-11-14(10-20-21(11)13-5-3-4-6-13)19-9-12-7-8-18-16(22-2)15(12)17/h7-8,10,13,19H,3-6,9H2,1-2H3. The van der Waals surface area contributed by atoms with Crippen LogP contribution in [0.25, 0.3) is 0 Å². The van der Waals surface area contributed by atoms with E-state index in [0.717, 1.165) is 11.4 Å².